The molecule has 3 amide bonds. The Balaban J connectivity index is 1.05. The van der Waals surface area contributed by atoms with Crippen molar-refractivity contribution in [3.63, 3.8) is 0 Å². The minimum Gasteiger partial charge on any atom is -0.351 e. The number of urea groups is 1. The molecule has 0 radical (unpaired) electrons. The van der Waals surface area contributed by atoms with Gasteiger partial charge in [0, 0.05) is 55.8 Å². The number of aromatic nitrogens is 2. The topological polar surface area (TPSA) is 109 Å². The number of amides is 3. The van der Waals surface area contributed by atoms with Crippen LogP contribution in [0.4, 0.5) is 10.5 Å². The first-order valence-corrected chi connectivity index (χ1v) is 14.9. The van der Waals surface area contributed by atoms with E-state index in [1.165, 1.54) is 5.56 Å². The highest BCUT2D eigenvalue weighted by Gasteiger charge is 2.37. The molecule has 4 aliphatic rings. The van der Waals surface area contributed by atoms with E-state index in [0.29, 0.717) is 32.1 Å². The molecule has 5 heterocycles. The SMILES string of the molecule is C=C1Nc2ccccc2CN1C1CCN(C(=O)N[C@@H]2Cc3ccc4[nH]ncc4c3CN(C3CCNCC3)C2=O)CC1. The molecule has 0 aliphatic carbocycles. The summed E-state index contributed by atoms with van der Waals surface area (Å²) in [6.07, 6.45) is 5.88. The molecule has 2 saturated heterocycles. The second-order valence-corrected chi connectivity index (χ2v) is 11.8. The van der Waals surface area contributed by atoms with E-state index in [0.717, 1.165) is 78.9 Å². The first-order valence-electron chi connectivity index (χ1n) is 14.9. The largest absolute Gasteiger partial charge is 0.351 e. The number of anilines is 1. The zero-order chi connectivity index (χ0) is 27.9. The van der Waals surface area contributed by atoms with E-state index in [9.17, 15) is 9.59 Å². The third-order valence-electron chi connectivity index (χ3n) is 9.39. The van der Waals surface area contributed by atoms with Crippen molar-refractivity contribution < 1.29 is 9.59 Å². The highest BCUT2D eigenvalue weighted by Crippen LogP contribution is 2.32. The third kappa shape index (κ3) is 4.90. The molecule has 1 atom stereocenters. The Morgan fingerprint density at radius 1 is 0.951 bits per heavy atom. The normalized spacial score (nSPS) is 22.2. The number of carbonyl (C=O) groups is 2. The lowest BCUT2D eigenvalue weighted by Gasteiger charge is -2.43. The average molecular weight is 555 g/mol. The van der Waals surface area contributed by atoms with Gasteiger partial charge in [-0.05, 0) is 67.6 Å². The van der Waals surface area contributed by atoms with Crippen molar-refractivity contribution in [2.45, 2.75) is 63.3 Å². The standard InChI is InChI=1S/C31H38N8O2/c1-20-34-27-5-3-2-4-22(27)18-38(20)24-10-14-37(15-11-24)31(41)35-29-16-21-6-7-28-25(17-33-36-28)26(21)19-39(30(29)40)23-8-12-32-13-9-23/h2-7,17,23-24,29,32,34H,1,8-16,18-19H2,(H,33,36)(H,35,41)/t29-/m1/s1. The number of rotatable bonds is 3. The molecule has 214 valence electrons. The molecule has 0 saturated carbocycles. The Kier molecular flexibility index (Phi) is 6.78. The number of piperidine rings is 2. The summed E-state index contributed by atoms with van der Waals surface area (Å²) < 4.78 is 0. The van der Waals surface area contributed by atoms with Gasteiger partial charge < -0.3 is 30.7 Å². The van der Waals surface area contributed by atoms with Crippen molar-refractivity contribution >= 4 is 28.5 Å². The molecular weight excluding hydrogens is 516 g/mol. The summed E-state index contributed by atoms with van der Waals surface area (Å²) >= 11 is 0. The number of likely N-dealkylation sites (tertiary alicyclic amines) is 1. The number of nitrogens with one attached hydrogen (secondary N) is 4. The van der Waals surface area contributed by atoms with E-state index in [-0.39, 0.29) is 18.0 Å². The highest BCUT2D eigenvalue weighted by molar-refractivity contribution is 5.90. The minimum atomic E-state index is -0.594. The van der Waals surface area contributed by atoms with E-state index < -0.39 is 6.04 Å². The van der Waals surface area contributed by atoms with E-state index in [4.69, 9.17) is 0 Å². The van der Waals surface area contributed by atoms with Gasteiger partial charge in [-0.15, -0.1) is 0 Å². The summed E-state index contributed by atoms with van der Waals surface area (Å²) in [7, 11) is 0. The maximum atomic E-state index is 14.0. The van der Waals surface area contributed by atoms with Crippen molar-refractivity contribution in [3.05, 3.63) is 71.7 Å². The van der Waals surface area contributed by atoms with Crippen LogP contribution < -0.4 is 16.0 Å². The number of aromatic amines is 1. The number of carbonyl (C=O) groups excluding carboxylic acids is 2. The van der Waals surface area contributed by atoms with E-state index in [2.05, 4.69) is 61.9 Å². The van der Waals surface area contributed by atoms with Crippen LogP contribution in [0, 0.1) is 0 Å². The van der Waals surface area contributed by atoms with Gasteiger partial charge in [-0.3, -0.25) is 9.89 Å². The Hall–Kier alpha value is -4.05. The van der Waals surface area contributed by atoms with Crippen LogP contribution in [-0.2, 0) is 24.3 Å². The molecule has 0 spiro atoms. The van der Waals surface area contributed by atoms with Crippen LogP contribution in [0.15, 0.2) is 55.0 Å². The average Bonchev–Trinajstić information content (AvgIpc) is 3.44. The second-order valence-electron chi connectivity index (χ2n) is 11.8. The number of nitrogens with zero attached hydrogens (tertiary/aromatic N) is 4. The smallest absolute Gasteiger partial charge is 0.318 e. The molecular formula is C31H38N8O2. The molecule has 4 aliphatic heterocycles. The summed E-state index contributed by atoms with van der Waals surface area (Å²) in [6, 6.07) is 12.2. The lowest BCUT2D eigenvalue weighted by molar-refractivity contribution is -0.136. The van der Waals surface area contributed by atoms with Crippen LogP contribution in [0.25, 0.3) is 10.9 Å². The number of para-hydroxylation sites is 1. The fraction of sp³-hybridized carbons (Fsp3) is 0.452. The lowest BCUT2D eigenvalue weighted by Crippen LogP contribution is -2.56. The predicted octanol–water partition coefficient (Wildman–Crippen LogP) is 3.14. The monoisotopic (exact) mass is 554 g/mol. The molecule has 1 aromatic heterocycles. The van der Waals surface area contributed by atoms with Gasteiger partial charge in [-0.2, -0.15) is 5.10 Å². The molecule has 3 aromatic rings. The Bertz CT molecular complexity index is 1470. The van der Waals surface area contributed by atoms with Crippen LogP contribution >= 0.6 is 0 Å². The number of benzene rings is 2. The van der Waals surface area contributed by atoms with Gasteiger partial charge >= 0.3 is 6.03 Å². The van der Waals surface area contributed by atoms with Crippen molar-refractivity contribution in [2.24, 2.45) is 0 Å². The fourth-order valence-electron chi connectivity index (χ4n) is 7.05. The van der Waals surface area contributed by atoms with Crippen LogP contribution in [-0.4, -0.2) is 81.1 Å². The Labute approximate surface area is 240 Å². The van der Waals surface area contributed by atoms with Crippen molar-refractivity contribution in [2.75, 3.05) is 31.5 Å². The summed E-state index contributed by atoms with van der Waals surface area (Å²) in [4.78, 5) is 33.8. The molecule has 0 unspecified atom stereocenters. The maximum Gasteiger partial charge on any atom is 0.318 e. The second kappa shape index (κ2) is 10.7. The maximum absolute atomic E-state index is 14.0. The zero-order valence-electron chi connectivity index (χ0n) is 23.4. The Morgan fingerprint density at radius 3 is 2.56 bits per heavy atom. The molecule has 10 heteroatoms. The molecule has 10 nitrogen and oxygen atoms in total. The molecule has 7 rings (SSSR count). The molecule has 4 N–H and O–H groups in total. The molecule has 41 heavy (non-hydrogen) atoms. The first kappa shape index (κ1) is 25.9. The van der Waals surface area contributed by atoms with E-state index >= 15 is 0 Å². The highest BCUT2D eigenvalue weighted by atomic mass is 16.2. The summed E-state index contributed by atoms with van der Waals surface area (Å²) in [5.41, 5.74) is 5.59. The van der Waals surface area contributed by atoms with Gasteiger partial charge in [0.2, 0.25) is 5.91 Å². The molecule has 2 aromatic carbocycles. The van der Waals surface area contributed by atoms with Crippen molar-refractivity contribution in [1.29, 1.82) is 0 Å². The summed E-state index contributed by atoms with van der Waals surface area (Å²) in [6.45, 7) is 8.72. The van der Waals surface area contributed by atoms with Gasteiger partial charge in [-0.25, -0.2) is 4.79 Å². The fourth-order valence-corrected chi connectivity index (χ4v) is 7.05. The van der Waals surface area contributed by atoms with Crippen LogP contribution in [0.2, 0.25) is 0 Å². The first-order chi connectivity index (χ1) is 20.0. The number of H-pyrrole nitrogens is 1. The molecule has 2 fully saturated rings. The Morgan fingerprint density at radius 2 is 1.73 bits per heavy atom. The van der Waals surface area contributed by atoms with Crippen LogP contribution in [0.3, 0.4) is 0 Å². The van der Waals surface area contributed by atoms with E-state index in [1.807, 2.05) is 28.1 Å². The van der Waals surface area contributed by atoms with Gasteiger partial charge in [0.1, 0.15) is 6.04 Å². The minimum absolute atomic E-state index is 0.0161. The number of hydrogen-bond acceptors (Lipinski definition) is 6. The van der Waals surface area contributed by atoms with Gasteiger partial charge in [0.05, 0.1) is 17.5 Å². The van der Waals surface area contributed by atoms with Crippen molar-refractivity contribution in [3.8, 4) is 0 Å². The number of fused-ring (bicyclic) bond motifs is 4. The van der Waals surface area contributed by atoms with Gasteiger partial charge in [0.25, 0.3) is 0 Å². The van der Waals surface area contributed by atoms with Gasteiger partial charge in [0.15, 0.2) is 0 Å². The van der Waals surface area contributed by atoms with Crippen LogP contribution in [0.5, 0.6) is 0 Å². The summed E-state index contributed by atoms with van der Waals surface area (Å²) in [5, 5.41) is 18.4. The quantitative estimate of drug-likeness (QED) is 0.396. The lowest BCUT2D eigenvalue weighted by atomic mass is 9.98. The van der Waals surface area contributed by atoms with Crippen LogP contribution in [0.1, 0.15) is 42.4 Å². The number of hydrogen-bond donors (Lipinski definition) is 4. The summed E-state index contributed by atoms with van der Waals surface area (Å²) in [5.74, 6) is 0.932. The van der Waals surface area contributed by atoms with Gasteiger partial charge in [-0.1, -0.05) is 30.8 Å². The van der Waals surface area contributed by atoms with Crippen molar-refractivity contribution in [1.82, 2.24) is 35.5 Å². The zero-order valence-corrected chi connectivity index (χ0v) is 23.4. The predicted molar refractivity (Wildman–Crippen MR) is 158 cm³/mol. The third-order valence-corrected chi connectivity index (χ3v) is 9.39. The van der Waals surface area contributed by atoms with E-state index in [1.54, 1.807) is 0 Å². The molecule has 0 bridgehead atoms.